The van der Waals surface area contributed by atoms with Gasteiger partial charge in [-0.15, -0.1) is 0 Å². The molecule has 0 aliphatic carbocycles. The van der Waals surface area contributed by atoms with Crippen molar-refractivity contribution in [2.45, 2.75) is 39.5 Å². The number of benzene rings is 1. The molecular weight excluding hydrogens is 349 g/mol. The van der Waals surface area contributed by atoms with Gasteiger partial charge in [-0.05, 0) is 49.7 Å². The Hall–Kier alpha value is -2.38. The number of carbonyl (C=O) groups excluding carboxylic acids is 1. The average Bonchev–Trinajstić information content (AvgIpc) is 2.68. The Kier molecular flexibility index (Phi) is 6.47. The highest BCUT2D eigenvalue weighted by Gasteiger charge is 2.25. The summed E-state index contributed by atoms with van der Waals surface area (Å²) in [5.74, 6) is -0.299. The summed E-state index contributed by atoms with van der Waals surface area (Å²) in [5, 5.41) is 8.54. The molecule has 0 saturated carbocycles. The molecular formula is C20H24FN3O3. The highest BCUT2D eigenvalue weighted by atomic mass is 19.1. The smallest absolute Gasteiger partial charge is 0.227 e. The van der Waals surface area contributed by atoms with E-state index in [0.717, 1.165) is 16.8 Å². The van der Waals surface area contributed by atoms with Gasteiger partial charge in [0, 0.05) is 38.3 Å². The largest absolute Gasteiger partial charge is 0.352 e. The summed E-state index contributed by atoms with van der Waals surface area (Å²) in [6.45, 7) is 5.82. The summed E-state index contributed by atoms with van der Waals surface area (Å²) < 4.78 is 24.1. The van der Waals surface area contributed by atoms with Crippen molar-refractivity contribution in [3.05, 3.63) is 47.4 Å². The second kappa shape index (κ2) is 9.01. The molecule has 2 heterocycles. The quantitative estimate of drug-likeness (QED) is 0.698. The van der Waals surface area contributed by atoms with Crippen molar-refractivity contribution in [2.75, 3.05) is 19.8 Å². The summed E-state index contributed by atoms with van der Waals surface area (Å²) in [4.78, 5) is 14.4. The Morgan fingerprint density at radius 3 is 2.56 bits per heavy atom. The second-order valence-corrected chi connectivity index (χ2v) is 6.32. The third-order valence-corrected chi connectivity index (χ3v) is 4.48. The highest BCUT2D eigenvalue weighted by Crippen LogP contribution is 2.23. The van der Waals surface area contributed by atoms with E-state index in [-0.39, 0.29) is 18.1 Å². The Bertz CT molecular complexity index is 777. The zero-order valence-corrected chi connectivity index (χ0v) is 15.7. The monoisotopic (exact) mass is 373 g/mol. The van der Waals surface area contributed by atoms with Crippen LogP contribution in [0.15, 0.2) is 30.3 Å². The van der Waals surface area contributed by atoms with Crippen LogP contribution in [0.1, 0.15) is 31.5 Å². The third kappa shape index (κ3) is 4.87. The zero-order valence-electron chi connectivity index (χ0n) is 15.7. The third-order valence-electron chi connectivity index (χ3n) is 4.48. The van der Waals surface area contributed by atoms with Gasteiger partial charge < -0.3 is 14.4 Å². The number of carbonyl (C=O) groups is 1. The number of hydrogen-bond acceptors (Lipinski definition) is 5. The molecule has 0 N–H and O–H groups in total. The molecule has 3 rings (SSSR count). The minimum atomic E-state index is -0.515. The van der Waals surface area contributed by atoms with Gasteiger partial charge in [-0.25, -0.2) is 4.39 Å². The van der Waals surface area contributed by atoms with E-state index in [4.69, 9.17) is 9.47 Å². The van der Waals surface area contributed by atoms with Crippen LogP contribution in [0.25, 0.3) is 11.3 Å². The van der Waals surface area contributed by atoms with Gasteiger partial charge in [-0.1, -0.05) is 0 Å². The predicted octanol–water partition coefficient (Wildman–Crippen LogP) is 2.96. The molecule has 6 nitrogen and oxygen atoms in total. The summed E-state index contributed by atoms with van der Waals surface area (Å²) in [5.41, 5.74) is 3.33. The van der Waals surface area contributed by atoms with Crippen LogP contribution in [0.4, 0.5) is 4.39 Å². The number of amides is 1. The van der Waals surface area contributed by atoms with Crippen LogP contribution in [-0.4, -0.2) is 47.1 Å². The average molecular weight is 373 g/mol. The molecule has 1 aromatic heterocycles. The minimum absolute atomic E-state index is 0.00676. The van der Waals surface area contributed by atoms with Gasteiger partial charge in [-0.2, -0.15) is 10.2 Å². The van der Waals surface area contributed by atoms with E-state index in [2.05, 4.69) is 10.2 Å². The summed E-state index contributed by atoms with van der Waals surface area (Å²) in [6, 6.07) is 8.07. The van der Waals surface area contributed by atoms with Crippen molar-refractivity contribution in [3.8, 4) is 11.3 Å². The Labute approximate surface area is 158 Å². The van der Waals surface area contributed by atoms with Gasteiger partial charge in [0.15, 0.2) is 6.29 Å². The molecule has 1 aliphatic heterocycles. The molecule has 2 aromatic rings. The van der Waals surface area contributed by atoms with E-state index in [1.165, 1.54) is 12.1 Å². The molecule has 1 amide bonds. The molecule has 0 fully saturated rings. The van der Waals surface area contributed by atoms with E-state index in [1.807, 2.05) is 19.9 Å². The highest BCUT2D eigenvalue weighted by molar-refractivity contribution is 5.77. The maximum absolute atomic E-state index is 13.1. The lowest BCUT2D eigenvalue weighted by Crippen LogP contribution is -2.39. The summed E-state index contributed by atoms with van der Waals surface area (Å²) in [7, 11) is 0. The van der Waals surface area contributed by atoms with Crippen LogP contribution in [0.2, 0.25) is 0 Å². The Balaban J connectivity index is 1.71. The summed E-state index contributed by atoms with van der Waals surface area (Å²) in [6.07, 6.45) is 0.339. The molecule has 0 radical (unpaired) electrons. The van der Waals surface area contributed by atoms with Crippen LogP contribution in [-0.2, 0) is 27.2 Å². The van der Waals surface area contributed by atoms with E-state index in [0.29, 0.717) is 38.4 Å². The fourth-order valence-corrected chi connectivity index (χ4v) is 3.11. The first-order valence-corrected chi connectivity index (χ1v) is 9.23. The molecule has 1 aliphatic rings. The molecule has 0 atom stereocenters. The van der Waals surface area contributed by atoms with Crippen LogP contribution in [0, 0.1) is 5.82 Å². The van der Waals surface area contributed by atoms with Gasteiger partial charge in [0.05, 0.1) is 17.8 Å². The molecule has 1 aromatic carbocycles. The molecule has 27 heavy (non-hydrogen) atoms. The second-order valence-electron chi connectivity index (χ2n) is 6.32. The fraction of sp³-hybridized carbons (Fsp3) is 0.450. The van der Waals surface area contributed by atoms with Gasteiger partial charge in [-0.3, -0.25) is 4.79 Å². The number of fused-ring (bicyclic) bond motifs is 1. The lowest BCUT2D eigenvalue weighted by atomic mass is 10.0. The van der Waals surface area contributed by atoms with Crippen LogP contribution >= 0.6 is 0 Å². The van der Waals surface area contributed by atoms with E-state index in [1.54, 1.807) is 17.0 Å². The van der Waals surface area contributed by atoms with Gasteiger partial charge in [0.25, 0.3) is 0 Å². The SMILES string of the molecule is CCOC(CC(=O)N1CCc2nnc(-c3ccc(F)cc3)cc2C1)OCC. The summed E-state index contributed by atoms with van der Waals surface area (Å²) >= 11 is 0. The maximum atomic E-state index is 13.1. The maximum Gasteiger partial charge on any atom is 0.227 e. The van der Waals surface area contributed by atoms with Gasteiger partial charge in [0.2, 0.25) is 5.91 Å². The van der Waals surface area contributed by atoms with Crippen LogP contribution in [0.3, 0.4) is 0 Å². The Morgan fingerprint density at radius 2 is 1.89 bits per heavy atom. The van der Waals surface area contributed by atoms with Crippen molar-refractivity contribution >= 4 is 5.91 Å². The topological polar surface area (TPSA) is 64.5 Å². The van der Waals surface area contributed by atoms with Crippen LogP contribution in [0.5, 0.6) is 0 Å². The van der Waals surface area contributed by atoms with E-state index < -0.39 is 6.29 Å². The first kappa shape index (κ1) is 19.4. The van der Waals surface area contributed by atoms with Crippen molar-refractivity contribution in [1.82, 2.24) is 15.1 Å². The molecule has 0 spiro atoms. The van der Waals surface area contributed by atoms with Crippen LogP contribution < -0.4 is 0 Å². The lowest BCUT2D eigenvalue weighted by molar-refractivity contribution is -0.160. The first-order valence-electron chi connectivity index (χ1n) is 9.23. The standard InChI is InChI=1S/C20H24FN3O3/c1-3-26-20(27-4-2)12-19(25)24-10-9-17-15(13-24)11-18(23-22-17)14-5-7-16(21)8-6-14/h5-8,11,20H,3-4,9-10,12-13H2,1-2H3. The van der Waals surface area contributed by atoms with Gasteiger partial charge >= 0.3 is 0 Å². The lowest BCUT2D eigenvalue weighted by Gasteiger charge is -2.29. The minimum Gasteiger partial charge on any atom is -0.352 e. The molecule has 0 unspecified atom stereocenters. The van der Waals surface area contributed by atoms with E-state index >= 15 is 0 Å². The number of nitrogens with zero attached hydrogens (tertiary/aromatic N) is 3. The predicted molar refractivity (Wildman–Crippen MR) is 98.2 cm³/mol. The Morgan fingerprint density at radius 1 is 1.19 bits per heavy atom. The number of ether oxygens (including phenoxy) is 2. The number of rotatable bonds is 7. The molecule has 0 bridgehead atoms. The normalized spacial score (nSPS) is 13.7. The van der Waals surface area contributed by atoms with Crippen molar-refractivity contribution in [3.63, 3.8) is 0 Å². The van der Waals surface area contributed by atoms with Crippen molar-refractivity contribution in [2.24, 2.45) is 0 Å². The number of hydrogen-bond donors (Lipinski definition) is 0. The van der Waals surface area contributed by atoms with E-state index in [9.17, 15) is 9.18 Å². The van der Waals surface area contributed by atoms with Crippen molar-refractivity contribution in [1.29, 1.82) is 0 Å². The fourth-order valence-electron chi connectivity index (χ4n) is 3.11. The first-order chi connectivity index (χ1) is 13.1. The van der Waals surface area contributed by atoms with Gasteiger partial charge in [0.1, 0.15) is 5.82 Å². The molecule has 144 valence electrons. The molecule has 7 heteroatoms. The molecule has 0 saturated heterocycles. The number of halogens is 1. The zero-order chi connectivity index (χ0) is 19.2. The van der Waals surface area contributed by atoms with Crippen molar-refractivity contribution < 1.29 is 18.7 Å². The number of aromatic nitrogens is 2.